The molecule has 0 bridgehead atoms. The van der Waals surface area contributed by atoms with Crippen LogP contribution in [-0.4, -0.2) is 76.7 Å². The zero-order chi connectivity index (χ0) is 26.4. The van der Waals surface area contributed by atoms with Crippen molar-refractivity contribution in [2.75, 3.05) is 31.6 Å². The van der Waals surface area contributed by atoms with Gasteiger partial charge in [-0.3, -0.25) is 9.69 Å². The molecule has 0 unspecified atom stereocenters. The Bertz CT molecular complexity index is 1170. The fourth-order valence-electron chi connectivity index (χ4n) is 7.42. The highest BCUT2D eigenvalue weighted by Gasteiger charge is 2.48. The Hall–Kier alpha value is -2.52. The minimum absolute atomic E-state index is 0.00771. The molecule has 2 saturated heterocycles. The van der Waals surface area contributed by atoms with E-state index in [4.69, 9.17) is 19.2 Å². The Kier molecular flexibility index (Phi) is 6.93. The number of nitrogens with one attached hydrogen (secondary N) is 1. The van der Waals surface area contributed by atoms with Gasteiger partial charge in [0.25, 0.3) is 0 Å². The average molecular weight is 523 g/mol. The van der Waals surface area contributed by atoms with Gasteiger partial charge in [0.15, 0.2) is 17.3 Å². The van der Waals surface area contributed by atoms with Crippen molar-refractivity contribution in [1.29, 1.82) is 0 Å². The molecule has 3 fully saturated rings. The lowest BCUT2D eigenvalue weighted by Crippen LogP contribution is -2.54. The smallest absolute Gasteiger partial charge is 0.219 e. The molecular weight excluding hydrogens is 480 g/mol. The van der Waals surface area contributed by atoms with Crippen LogP contribution in [0.15, 0.2) is 10.6 Å². The molecular formula is C29H42N6O3. The third-order valence-electron chi connectivity index (χ3n) is 9.25. The van der Waals surface area contributed by atoms with Crippen LogP contribution < -0.4 is 15.0 Å². The molecule has 0 radical (unpaired) electrons. The van der Waals surface area contributed by atoms with E-state index in [0.717, 1.165) is 81.7 Å². The Morgan fingerprint density at radius 2 is 1.89 bits per heavy atom. The summed E-state index contributed by atoms with van der Waals surface area (Å²) >= 11 is 0. The van der Waals surface area contributed by atoms with E-state index in [-0.39, 0.29) is 6.10 Å². The maximum Gasteiger partial charge on any atom is 0.219 e. The average Bonchev–Trinajstić information content (AvgIpc) is 3.52. The molecule has 1 N–H and O–H groups in total. The Balaban J connectivity index is 1.39. The molecule has 4 aliphatic rings. The number of anilines is 1. The molecule has 5 atom stereocenters. The van der Waals surface area contributed by atoms with Gasteiger partial charge in [-0.25, -0.2) is 4.98 Å². The van der Waals surface area contributed by atoms with Crippen LogP contribution in [0.25, 0.3) is 11.5 Å². The summed E-state index contributed by atoms with van der Waals surface area (Å²) in [6.07, 6.45) is 8.47. The van der Waals surface area contributed by atoms with Crippen molar-refractivity contribution in [2.45, 2.75) is 108 Å². The van der Waals surface area contributed by atoms with E-state index in [0.29, 0.717) is 47.7 Å². The third-order valence-corrected chi connectivity index (χ3v) is 9.25. The second kappa shape index (κ2) is 10.2. The number of likely N-dealkylation sites (tertiary alicyclic amines) is 1. The predicted molar refractivity (Wildman–Crippen MR) is 146 cm³/mol. The van der Waals surface area contributed by atoms with Gasteiger partial charge in [0.2, 0.25) is 5.88 Å². The number of nitrogens with zero attached hydrogens (tertiary/aromatic N) is 5. The van der Waals surface area contributed by atoms with Crippen molar-refractivity contribution in [3.63, 3.8) is 0 Å². The van der Waals surface area contributed by atoms with Crippen LogP contribution in [0.4, 0.5) is 5.82 Å². The molecule has 1 saturated carbocycles. The van der Waals surface area contributed by atoms with E-state index in [1.54, 1.807) is 0 Å². The van der Waals surface area contributed by atoms with E-state index < -0.39 is 5.41 Å². The van der Waals surface area contributed by atoms with E-state index in [1.165, 1.54) is 6.42 Å². The number of carbonyl (C=O) groups is 1. The van der Waals surface area contributed by atoms with Crippen LogP contribution in [-0.2, 0) is 16.6 Å². The van der Waals surface area contributed by atoms with Gasteiger partial charge in [-0.1, -0.05) is 11.6 Å². The minimum atomic E-state index is -0.515. The summed E-state index contributed by atoms with van der Waals surface area (Å²) in [4.78, 5) is 27.8. The topological polar surface area (TPSA) is 96.6 Å². The first-order valence-corrected chi connectivity index (χ1v) is 14.6. The highest BCUT2D eigenvalue weighted by Crippen LogP contribution is 2.47. The molecule has 0 aromatic carbocycles. The number of Topliss-reactive ketones (excluding diaryl/α,β-unsaturated/α-hetero) is 1. The second-order valence-corrected chi connectivity index (χ2v) is 12.2. The molecule has 38 heavy (non-hydrogen) atoms. The molecule has 2 aliphatic heterocycles. The quantitative estimate of drug-likeness (QED) is 0.627. The van der Waals surface area contributed by atoms with Crippen LogP contribution in [0.5, 0.6) is 5.88 Å². The van der Waals surface area contributed by atoms with Crippen molar-refractivity contribution in [2.24, 2.45) is 0 Å². The minimum Gasteiger partial charge on any atom is -0.473 e. The van der Waals surface area contributed by atoms with Crippen LogP contribution in [0.1, 0.15) is 83.5 Å². The van der Waals surface area contributed by atoms with Gasteiger partial charge in [-0.2, -0.15) is 4.98 Å². The highest BCUT2D eigenvalue weighted by molar-refractivity contribution is 5.91. The molecule has 1 spiro atoms. The molecule has 4 heterocycles. The van der Waals surface area contributed by atoms with Crippen LogP contribution in [0.3, 0.4) is 0 Å². The van der Waals surface area contributed by atoms with Crippen LogP contribution >= 0.6 is 0 Å². The predicted octanol–water partition coefficient (Wildman–Crippen LogP) is 3.90. The summed E-state index contributed by atoms with van der Waals surface area (Å²) in [5.74, 6) is 3.05. The van der Waals surface area contributed by atoms with Crippen molar-refractivity contribution in [3.05, 3.63) is 17.4 Å². The van der Waals surface area contributed by atoms with Crippen molar-refractivity contribution >= 4 is 11.6 Å². The van der Waals surface area contributed by atoms with Gasteiger partial charge in [0, 0.05) is 49.3 Å². The molecule has 2 aromatic heterocycles. The maximum absolute atomic E-state index is 13.2. The fraction of sp³-hybridized carbons (Fsp3) is 0.724. The van der Waals surface area contributed by atoms with Crippen molar-refractivity contribution in [3.8, 4) is 17.4 Å². The largest absolute Gasteiger partial charge is 0.473 e. The van der Waals surface area contributed by atoms with Gasteiger partial charge in [0.05, 0.1) is 5.41 Å². The summed E-state index contributed by atoms with van der Waals surface area (Å²) in [5, 5.41) is 8.14. The standard InChI is InChI=1S/C29H42N6O3/c1-18-16-35(17-19(2)30-18)24-15-25(37-20(3)22-10-8-14-34(22)4)32-28(31-24)26-21-9-7-13-29(27(21)38-33-26)12-6-5-11-23(29)36/h15,18-20,22,30H,5-14,16-17H2,1-4H3/t18-,19+,20-,22-,29+/m0/s1. The Morgan fingerprint density at radius 3 is 2.63 bits per heavy atom. The van der Waals surface area contributed by atoms with Gasteiger partial charge in [-0.15, -0.1) is 0 Å². The molecule has 2 aliphatic carbocycles. The lowest BCUT2D eigenvalue weighted by Gasteiger charge is -2.37. The molecule has 206 valence electrons. The number of likely N-dealkylation sites (N-methyl/N-ethyl adjacent to an activating group) is 1. The van der Waals surface area contributed by atoms with Gasteiger partial charge in [-0.05, 0) is 79.3 Å². The second-order valence-electron chi connectivity index (χ2n) is 12.2. The van der Waals surface area contributed by atoms with Crippen LogP contribution in [0, 0.1) is 0 Å². The first-order chi connectivity index (χ1) is 18.3. The molecule has 0 amide bonds. The normalized spacial score (nSPS) is 31.0. The van der Waals surface area contributed by atoms with Crippen LogP contribution in [0.2, 0.25) is 0 Å². The number of ketones is 1. The lowest BCUT2D eigenvalue weighted by molar-refractivity contribution is -0.128. The molecule has 9 heteroatoms. The number of hydrogen-bond donors (Lipinski definition) is 1. The van der Waals surface area contributed by atoms with E-state index in [9.17, 15) is 4.79 Å². The molecule has 9 nitrogen and oxygen atoms in total. The maximum atomic E-state index is 13.2. The van der Waals surface area contributed by atoms with Gasteiger partial charge in [0.1, 0.15) is 17.7 Å². The number of fused-ring (bicyclic) bond motifs is 2. The monoisotopic (exact) mass is 522 g/mol. The highest BCUT2D eigenvalue weighted by atomic mass is 16.5. The first kappa shape index (κ1) is 25.7. The number of carbonyl (C=O) groups excluding carboxylic acids is 1. The van der Waals surface area contributed by atoms with E-state index in [1.807, 2.05) is 6.07 Å². The summed E-state index contributed by atoms with van der Waals surface area (Å²) in [7, 11) is 2.17. The fourth-order valence-corrected chi connectivity index (χ4v) is 7.42. The van der Waals surface area contributed by atoms with Crippen molar-refractivity contribution in [1.82, 2.24) is 25.3 Å². The summed E-state index contributed by atoms with van der Waals surface area (Å²) < 4.78 is 12.5. The summed E-state index contributed by atoms with van der Waals surface area (Å²) in [6.45, 7) is 9.36. The van der Waals surface area contributed by atoms with Crippen molar-refractivity contribution < 1.29 is 14.1 Å². The molecule has 6 rings (SSSR count). The summed E-state index contributed by atoms with van der Waals surface area (Å²) in [5.41, 5.74) is 1.17. The number of piperazine rings is 1. The number of aromatic nitrogens is 3. The Labute approximate surface area is 225 Å². The van der Waals surface area contributed by atoms with Gasteiger partial charge < -0.3 is 19.5 Å². The lowest BCUT2D eigenvalue weighted by atomic mass is 9.64. The number of ether oxygens (including phenoxy) is 1. The first-order valence-electron chi connectivity index (χ1n) is 14.6. The zero-order valence-corrected chi connectivity index (χ0v) is 23.3. The van der Waals surface area contributed by atoms with E-state index >= 15 is 0 Å². The van der Waals surface area contributed by atoms with E-state index in [2.05, 4.69) is 48.1 Å². The van der Waals surface area contributed by atoms with Gasteiger partial charge >= 0.3 is 0 Å². The number of hydrogen-bond acceptors (Lipinski definition) is 9. The molecule has 2 aromatic rings. The zero-order valence-electron chi connectivity index (χ0n) is 23.3. The SMILES string of the molecule is C[C@@H]1CN(c2cc(O[C@@H](C)[C@@H]3CCCN3C)nc(-c3noc4c3CCC[C@@]43CCCCC3=O)n2)C[C@H](C)N1. The summed E-state index contributed by atoms with van der Waals surface area (Å²) in [6, 6.07) is 3.06. The third kappa shape index (κ3) is 4.62. The number of rotatable bonds is 5. The Morgan fingerprint density at radius 1 is 1.11 bits per heavy atom.